The molecular weight excluding hydrogens is 407 g/mol. The maximum Gasteiger partial charge on any atom is 0.433 e. The quantitative estimate of drug-likeness (QED) is 0.618. The standard InChI is InChI=1S/C23H24F3N3O2/c1-22(14-30,29(2)3)20(15-9-5-4-6-10-15)28-21(31)17-13-19(23(24,25)26)27-18-12-8-7-11-16(17)18/h4-13,20,30H,14H2,1-3H3,(H,28,31). The number of likely N-dealkylation sites (N-methyl/N-ethyl adjacent to an activating group) is 1. The first-order valence-electron chi connectivity index (χ1n) is 9.69. The van der Waals surface area contributed by atoms with Crippen LogP contribution in [0.2, 0.25) is 0 Å². The number of nitrogens with zero attached hydrogens (tertiary/aromatic N) is 2. The third kappa shape index (κ3) is 4.55. The van der Waals surface area contributed by atoms with Crippen molar-refractivity contribution in [2.45, 2.75) is 24.7 Å². The Kier molecular flexibility index (Phi) is 6.33. The van der Waals surface area contributed by atoms with Gasteiger partial charge >= 0.3 is 6.18 Å². The number of aliphatic hydroxyl groups excluding tert-OH is 1. The average molecular weight is 431 g/mol. The molecule has 2 unspecified atom stereocenters. The second-order valence-corrected chi connectivity index (χ2v) is 7.80. The van der Waals surface area contributed by atoms with Crippen LogP contribution in [0.15, 0.2) is 60.7 Å². The molecule has 31 heavy (non-hydrogen) atoms. The van der Waals surface area contributed by atoms with Gasteiger partial charge in [-0.25, -0.2) is 4.98 Å². The summed E-state index contributed by atoms with van der Waals surface area (Å²) in [4.78, 5) is 18.7. The number of aliphatic hydroxyl groups is 1. The van der Waals surface area contributed by atoms with Crippen LogP contribution in [0.5, 0.6) is 0 Å². The summed E-state index contributed by atoms with van der Waals surface area (Å²) in [5.41, 5.74) is -1.37. The monoisotopic (exact) mass is 431 g/mol. The molecule has 1 aromatic heterocycles. The molecule has 0 bridgehead atoms. The fraction of sp³-hybridized carbons (Fsp3) is 0.304. The summed E-state index contributed by atoms with van der Waals surface area (Å²) in [5.74, 6) is -0.681. The van der Waals surface area contributed by atoms with E-state index in [-0.39, 0.29) is 17.7 Å². The van der Waals surface area contributed by atoms with E-state index in [1.807, 2.05) is 6.07 Å². The van der Waals surface area contributed by atoms with Crippen molar-refractivity contribution < 1.29 is 23.1 Å². The van der Waals surface area contributed by atoms with E-state index in [2.05, 4.69) is 10.3 Å². The number of pyridine rings is 1. The van der Waals surface area contributed by atoms with Gasteiger partial charge in [0, 0.05) is 5.39 Å². The lowest BCUT2D eigenvalue weighted by Crippen LogP contribution is -2.55. The SMILES string of the molecule is CN(C)C(C)(CO)C(NC(=O)c1cc(C(F)(F)F)nc2ccccc12)c1ccccc1. The van der Waals surface area contributed by atoms with Gasteiger partial charge in [0.2, 0.25) is 0 Å². The van der Waals surface area contributed by atoms with E-state index in [1.54, 1.807) is 68.4 Å². The van der Waals surface area contributed by atoms with Gasteiger partial charge < -0.3 is 10.4 Å². The largest absolute Gasteiger partial charge is 0.433 e. The first-order chi connectivity index (χ1) is 14.6. The van der Waals surface area contributed by atoms with Crippen LogP contribution in [0.3, 0.4) is 0 Å². The minimum Gasteiger partial charge on any atom is -0.394 e. The van der Waals surface area contributed by atoms with Gasteiger partial charge in [-0.05, 0) is 38.7 Å². The summed E-state index contributed by atoms with van der Waals surface area (Å²) in [6.45, 7) is 1.49. The second kappa shape index (κ2) is 8.64. The van der Waals surface area contributed by atoms with Gasteiger partial charge in [-0.1, -0.05) is 48.5 Å². The van der Waals surface area contributed by atoms with Gasteiger partial charge in [0.1, 0.15) is 5.69 Å². The van der Waals surface area contributed by atoms with E-state index < -0.39 is 29.4 Å². The van der Waals surface area contributed by atoms with Crippen LogP contribution in [-0.4, -0.2) is 47.1 Å². The van der Waals surface area contributed by atoms with Crippen molar-refractivity contribution in [2.75, 3.05) is 20.7 Å². The fourth-order valence-electron chi connectivity index (χ4n) is 3.45. The minimum atomic E-state index is -4.69. The molecule has 5 nitrogen and oxygen atoms in total. The Morgan fingerprint density at radius 1 is 1.10 bits per heavy atom. The highest BCUT2D eigenvalue weighted by Crippen LogP contribution is 2.33. The minimum absolute atomic E-state index is 0.0799. The zero-order valence-corrected chi connectivity index (χ0v) is 17.4. The van der Waals surface area contributed by atoms with Crippen LogP contribution in [0.1, 0.15) is 34.6 Å². The lowest BCUT2D eigenvalue weighted by atomic mass is 9.86. The zero-order chi connectivity index (χ0) is 22.8. The molecule has 2 aromatic carbocycles. The van der Waals surface area contributed by atoms with E-state index in [0.29, 0.717) is 5.39 Å². The molecule has 0 aliphatic carbocycles. The molecular formula is C23H24F3N3O2. The first-order valence-corrected chi connectivity index (χ1v) is 9.69. The van der Waals surface area contributed by atoms with Gasteiger partial charge in [0.05, 0.1) is 29.3 Å². The molecule has 8 heteroatoms. The molecule has 2 atom stereocenters. The molecule has 164 valence electrons. The second-order valence-electron chi connectivity index (χ2n) is 7.80. The van der Waals surface area contributed by atoms with Gasteiger partial charge in [-0.3, -0.25) is 9.69 Å². The van der Waals surface area contributed by atoms with E-state index in [1.165, 1.54) is 6.07 Å². The molecule has 0 aliphatic heterocycles. The van der Waals surface area contributed by atoms with Gasteiger partial charge in [-0.2, -0.15) is 13.2 Å². The Hall–Kier alpha value is -2.97. The van der Waals surface area contributed by atoms with Crippen LogP contribution in [0.4, 0.5) is 13.2 Å². The Balaban J connectivity index is 2.12. The predicted octanol–water partition coefficient (Wildman–Crippen LogP) is 4.04. The first kappa shape index (κ1) is 22.7. The summed E-state index contributed by atoms with van der Waals surface area (Å²) in [5, 5.41) is 13.3. The van der Waals surface area contributed by atoms with Crippen molar-refractivity contribution >= 4 is 16.8 Å². The average Bonchev–Trinajstić information content (AvgIpc) is 2.75. The molecule has 0 fully saturated rings. The highest BCUT2D eigenvalue weighted by Gasteiger charge is 2.39. The number of amides is 1. The summed E-state index contributed by atoms with van der Waals surface area (Å²) in [7, 11) is 3.53. The molecule has 2 N–H and O–H groups in total. The number of carbonyl (C=O) groups excluding carboxylic acids is 1. The van der Waals surface area contributed by atoms with E-state index in [0.717, 1.165) is 11.6 Å². The van der Waals surface area contributed by atoms with Crippen LogP contribution in [0, 0.1) is 0 Å². The predicted molar refractivity (Wildman–Crippen MR) is 113 cm³/mol. The van der Waals surface area contributed by atoms with Gasteiger partial charge in [0.15, 0.2) is 0 Å². The highest BCUT2D eigenvalue weighted by molar-refractivity contribution is 6.06. The molecule has 1 heterocycles. The number of aromatic nitrogens is 1. The number of hydrogen-bond donors (Lipinski definition) is 2. The maximum atomic E-state index is 13.4. The number of benzene rings is 2. The van der Waals surface area contributed by atoms with Crippen LogP contribution >= 0.6 is 0 Å². The smallest absolute Gasteiger partial charge is 0.394 e. The Bertz CT molecular complexity index is 1070. The van der Waals surface area contributed by atoms with Gasteiger partial charge in [0.25, 0.3) is 5.91 Å². The Morgan fingerprint density at radius 3 is 2.29 bits per heavy atom. The van der Waals surface area contributed by atoms with E-state index in [4.69, 9.17) is 0 Å². The number of carbonyl (C=O) groups is 1. The normalized spacial score (nSPS) is 15.0. The topological polar surface area (TPSA) is 65.5 Å². The number of alkyl halides is 3. The molecule has 0 aliphatic rings. The molecule has 0 spiro atoms. The van der Waals surface area contributed by atoms with Gasteiger partial charge in [-0.15, -0.1) is 0 Å². The summed E-state index contributed by atoms with van der Waals surface area (Å²) < 4.78 is 40.2. The van der Waals surface area contributed by atoms with Crippen LogP contribution in [-0.2, 0) is 6.18 Å². The van der Waals surface area contributed by atoms with Crippen molar-refractivity contribution in [1.29, 1.82) is 0 Å². The fourth-order valence-corrected chi connectivity index (χ4v) is 3.45. The number of fused-ring (bicyclic) bond motifs is 1. The molecule has 0 saturated heterocycles. The molecule has 0 saturated carbocycles. The summed E-state index contributed by atoms with van der Waals surface area (Å²) >= 11 is 0. The van der Waals surface area contributed by atoms with Crippen molar-refractivity contribution in [3.8, 4) is 0 Å². The Morgan fingerprint density at radius 2 is 1.71 bits per heavy atom. The van der Waals surface area contributed by atoms with Crippen molar-refractivity contribution in [1.82, 2.24) is 15.2 Å². The number of rotatable bonds is 6. The maximum absolute atomic E-state index is 13.4. The van der Waals surface area contributed by atoms with Crippen LogP contribution in [0.25, 0.3) is 10.9 Å². The molecule has 1 amide bonds. The number of halogens is 3. The number of para-hydroxylation sites is 1. The summed E-state index contributed by atoms with van der Waals surface area (Å²) in [6, 6.07) is 15.3. The van der Waals surface area contributed by atoms with E-state index >= 15 is 0 Å². The number of hydrogen-bond acceptors (Lipinski definition) is 4. The van der Waals surface area contributed by atoms with E-state index in [9.17, 15) is 23.1 Å². The van der Waals surface area contributed by atoms with Crippen molar-refractivity contribution in [3.05, 3.63) is 77.5 Å². The molecule has 3 rings (SSSR count). The summed E-state index contributed by atoms with van der Waals surface area (Å²) in [6.07, 6.45) is -4.69. The lowest BCUT2D eigenvalue weighted by Gasteiger charge is -2.42. The van der Waals surface area contributed by atoms with Crippen molar-refractivity contribution in [3.63, 3.8) is 0 Å². The van der Waals surface area contributed by atoms with Crippen molar-refractivity contribution in [2.24, 2.45) is 0 Å². The third-order valence-electron chi connectivity index (χ3n) is 5.62. The highest BCUT2D eigenvalue weighted by atomic mass is 19.4. The molecule has 0 radical (unpaired) electrons. The zero-order valence-electron chi connectivity index (χ0n) is 17.4. The Labute approximate surface area is 178 Å². The third-order valence-corrected chi connectivity index (χ3v) is 5.62. The molecule has 3 aromatic rings. The number of nitrogens with one attached hydrogen (secondary N) is 1. The van der Waals surface area contributed by atoms with Crippen LogP contribution < -0.4 is 5.32 Å². The lowest BCUT2D eigenvalue weighted by molar-refractivity contribution is -0.140.